The summed E-state index contributed by atoms with van der Waals surface area (Å²) in [6.07, 6.45) is 1.17. The fourth-order valence-electron chi connectivity index (χ4n) is 1.47. The van der Waals surface area contributed by atoms with Crippen molar-refractivity contribution >= 4 is 27.4 Å². The van der Waals surface area contributed by atoms with Crippen LogP contribution < -0.4 is 0 Å². The van der Waals surface area contributed by atoms with Gasteiger partial charge in [-0.15, -0.1) is 0 Å². The van der Waals surface area contributed by atoms with Crippen molar-refractivity contribution in [1.82, 2.24) is 4.90 Å². The highest BCUT2D eigenvalue weighted by molar-refractivity contribution is 9.18. The molecule has 0 aromatic carbocycles. The third-order valence-electron chi connectivity index (χ3n) is 2.22. The highest BCUT2D eigenvalue weighted by Crippen LogP contribution is 2.10. The van der Waals surface area contributed by atoms with Gasteiger partial charge in [0.15, 0.2) is 4.74 Å². The molecule has 0 amide bonds. The Labute approximate surface area is 93.2 Å². The van der Waals surface area contributed by atoms with Crippen molar-refractivity contribution in [3.63, 3.8) is 0 Å². The van der Waals surface area contributed by atoms with Crippen LogP contribution in [0.1, 0.15) is 13.3 Å². The SMILES string of the molecule is C=N/C(Br)=N\C(CC)N1CCOCC1. The van der Waals surface area contributed by atoms with Gasteiger partial charge in [-0.25, -0.2) is 9.98 Å². The van der Waals surface area contributed by atoms with E-state index >= 15 is 0 Å². The molecule has 0 spiro atoms. The lowest BCUT2D eigenvalue weighted by molar-refractivity contribution is 0.0177. The van der Waals surface area contributed by atoms with Gasteiger partial charge in [-0.3, -0.25) is 4.90 Å². The predicted molar refractivity (Wildman–Crippen MR) is 62.4 cm³/mol. The third kappa shape index (κ3) is 3.48. The first-order valence-corrected chi connectivity index (χ1v) is 5.59. The molecule has 80 valence electrons. The van der Waals surface area contributed by atoms with E-state index in [1.807, 2.05) is 0 Å². The largest absolute Gasteiger partial charge is 0.379 e. The highest BCUT2D eigenvalue weighted by atomic mass is 79.9. The number of amidine groups is 1. The summed E-state index contributed by atoms with van der Waals surface area (Å²) in [5.41, 5.74) is 0. The number of rotatable bonds is 3. The molecular weight excluding hydrogens is 246 g/mol. The van der Waals surface area contributed by atoms with E-state index in [0.717, 1.165) is 32.7 Å². The summed E-state index contributed by atoms with van der Waals surface area (Å²) in [5, 5.41) is 0. The van der Waals surface area contributed by atoms with Crippen LogP contribution in [0.2, 0.25) is 0 Å². The molecule has 0 aliphatic carbocycles. The van der Waals surface area contributed by atoms with Crippen LogP contribution in [0.5, 0.6) is 0 Å². The van der Waals surface area contributed by atoms with Crippen LogP contribution in [0.3, 0.4) is 0 Å². The number of ether oxygens (including phenoxy) is 1. The van der Waals surface area contributed by atoms with Gasteiger partial charge >= 0.3 is 0 Å². The van der Waals surface area contributed by atoms with E-state index in [-0.39, 0.29) is 6.17 Å². The maximum Gasteiger partial charge on any atom is 0.192 e. The molecule has 0 saturated carbocycles. The molecule has 14 heavy (non-hydrogen) atoms. The van der Waals surface area contributed by atoms with E-state index in [2.05, 4.69) is 44.5 Å². The predicted octanol–water partition coefficient (Wildman–Crippen LogP) is 1.51. The zero-order chi connectivity index (χ0) is 10.4. The Kier molecular flexibility index (Phi) is 5.29. The van der Waals surface area contributed by atoms with E-state index in [9.17, 15) is 0 Å². The monoisotopic (exact) mass is 261 g/mol. The molecule has 1 rings (SSSR count). The van der Waals surface area contributed by atoms with Crippen LogP contribution in [-0.2, 0) is 4.74 Å². The van der Waals surface area contributed by atoms with Gasteiger partial charge in [0.25, 0.3) is 0 Å². The summed E-state index contributed by atoms with van der Waals surface area (Å²) in [6, 6.07) is 0. The molecule has 1 fully saturated rings. The molecule has 1 aliphatic rings. The minimum Gasteiger partial charge on any atom is -0.379 e. The molecule has 4 nitrogen and oxygen atoms in total. The highest BCUT2D eigenvalue weighted by Gasteiger charge is 2.18. The number of hydrogen-bond donors (Lipinski definition) is 0. The van der Waals surface area contributed by atoms with Gasteiger partial charge in [-0.2, -0.15) is 0 Å². The summed E-state index contributed by atoms with van der Waals surface area (Å²) in [4.78, 5) is 10.4. The maximum atomic E-state index is 5.29. The van der Waals surface area contributed by atoms with Crippen LogP contribution in [0.25, 0.3) is 0 Å². The topological polar surface area (TPSA) is 37.2 Å². The van der Waals surface area contributed by atoms with E-state index < -0.39 is 0 Å². The first-order chi connectivity index (χ1) is 6.77. The van der Waals surface area contributed by atoms with Gasteiger partial charge in [0.2, 0.25) is 0 Å². The second-order valence-corrected chi connectivity index (χ2v) is 3.80. The van der Waals surface area contributed by atoms with Gasteiger partial charge in [0.1, 0.15) is 6.17 Å². The van der Waals surface area contributed by atoms with Gasteiger partial charge in [-0.05, 0) is 29.1 Å². The van der Waals surface area contributed by atoms with E-state index in [0.29, 0.717) is 4.74 Å². The maximum absolute atomic E-state index is 5.29. The zero-order valence-electron chi connectivity index (χ0n) is 8.45. The zero-order valence-corrected chi connectivity index (χ0v) is 10.0. The van der Waals surface area contributed by atoms with Crippen LogP contribution in [-0.4, -0.2) is 48.8 Å². The van der Waals surface area contributed by atoms with E-state index in [1.165, 1.54) is 0 Å². The van der Waals surface area contributed by atoms with Crippen molar-refractivity contribution in [1.29, 1.82) is 0 Å². The first kappa shape index (κ1) is 11.8. The Bertz CT molecular complexity index is 214. The molecule has 0 radical (unpaired) electrons. The molecule has 1 aliphatic heterocycles. The minimum absolute atomic E-state index is 0.193. The Morgan fingerprint density at radius 1 is 1.57 bits per heavy atom. The Morgan fingerprint density at radius 3 is 2.71 bits per heavy atom. The van der Waals surface area contributed by atoms with Gasteiger partial charge in [-0.1, -0.05) is 6.92 Å². The Balaban J connectivity index is 2.55. The van der Waals surface area contributed by atoms with Crippen LogP contribution in [0, 0.1) is 0 Å². The summed E-state index contributed by atoms with van der Waals surface area (Å²) < 4.78 is 5.87. The summed E-state index contributed by atoms with van der Waals surface area (Å²) in [6.45, 7) is 9.02. The summed E-state index contributed by atoms with van der Waals surface area (Å²) >= 11 is 3.25. The third-order valence-corrected chi connectivity index (χ3v) is 2.67. The van der Waals surface area contributed by atoms with Gasteiger partial charge < -0.3 is 4.74 Å². The number of hydrogen-bond acceptors (Lipinski definition) is 3. The lowest BCUT2D eigenvalue weighted by Crippen LogP contribution is -2.42. The molecule has 0 aromatic heterocycles. The molecular formula is C9H16BrN3O. The van der Waals surface area contributed by atoms with Crippen molar-refractivity contribution in [3.05, 3.63) is 0 Å². The molecule has 1 atom stereocenters. The molecule has 1 unspecified atom stereocenters. The second-order valence-electron chi connectivity index (χ2n) is 3.09. The smallest absolute Gasteiger partial charge is 0.192 e. The van der Waals surface area contributed by atoms with Crippen LogP contribution in [0.4, 0.5) is 0 Å². The van der Waals surface area contributed by atoms with E-state index in [4.69, 9.17) is 4.74 Å². The Morgan fingerprint density at radius 2 is 2.21 bits per heavy atom. The molecule has 0 aromatic rings. The molecule has 1 heterocycles. The average molecular weight is 262 g/mol. The molecule has 0 bridgehead atoms. The van der Waals surface area contributed by atoms with Crippen molar-refractivity contribution in [2.45, 2.75) is 19.5 Å². The van der Waals surface area contributed by atoms with Crippen LogP contribution >= 0.6 is 15.9 Å². The quantitative estimate of drug-likeness (QED) is 0.439. The van der Waals surface area contributed by atoms with Crippen LogP contribution in [0.15, 0.2) is 9.98 Å². The molecule has 5 heteroatoms. The lowest BCUT2D eigenvalue weighted by atomic mass is 10.3. The normalized spacial score (nSPS) is 22.0. The van der Waals surface area contributed by atoms with Gasteiger partial charge in [0, 0.05) is 13.1 Å². The Hall–Kier alpha value is -0.260. The summed E-state index contributed by atoms with van der Waals surface area (Å²) in [7, 11) is 0. The van der Waals surface area contributed by atoms with Crippen molar-refractivity contribution in [3.8, 4) is 0 Å². The number of aliphatic imine (C=N–C) groups is 2. The van der Waals surface area contributed by atoms with Crippen molar-refractivity contribution < 1.29 is 4.74 Å². The summed E-state index contributed by atoms with van der Waals surface area (Å²) in [5.74, 6) is 0. The number of morpholine rings is 1. The van der Waals surface area contributed by atoms with Crippen molar-refractivity contribution in [2.75, 3.05) is 26.3 Å². The average Bonchev–Trinajstić information content (AvgIpc) is 2.26. The molecule has 0 N–H and O–H groups in total. The van der Waals surface area contributed by atoms with Gasteiger partial charge in [0.05, 0.1) is 13.2 Å². The lowest BCUT2D eigenvalue weighted by Gasteiger charge is -2.31. The standard InChI is InChI=1S/C9H16BrN3O/c1-3-8(12-9(10)11-2)13-4-6-14-7-5-13/h8H,2-7H2,1H3/b12-9-. The molecule has 1 saturated heterocycles. The first-order valence-electron chi connectivity index (χ1n) is 4.79. The van der Waals surface area contributed by atoms with E-state index in [1.54, 1.807) is 0 Å². The minimum atomic E-state index is 0.193. The second kappa shape index (κ2) is 6.27. The number of nitrogens with zero attached hydrogens (tertiary/aromatic N) is 3. The van der Waals surface area contributed by atoms with Crippen molar-refractivity contribution in [2.24, 2.45) is 9.98 Å². The fraction of sp³-hybridized carbons (Fsp3) is 0.778. The fourth-order valence-corrected chi connectivity index (χ4v) is 1.71. The number of halogens is 1.